The largest absolute Gasteiger partial charge is 0.426 e. The highest BCUT2D eigenvalue weighted by Crippen LogP contribution is 2.67. The van der Waals surface area contributed by atoms with Crippen molar-refractivity contribution in [3.8, 4) is 0 Å². The van der Waals surface area contributed by atoms with E-state index in [2.05, 4.69) is 13.8 Å². The van der Waals surface area contributed by atoms with E-state index in [0.29, 0.717) is 24.2 Å². The van der Waals surface area contributed by atoms with E-state index < -0.39 is 30.3 Å². The van der Waals surface area contributed by atoms with Crippen LogP contribution in [0.2, 0.25) is 0 Å². The van der Waals surface area contributed by atoms with Crippen molar-refractivity contribution in [2.75, 3.05) is 0 Å². The van der Waals surface area contributed by atoms with Crippen molar-refractivity contribution in [1.82, 2.24) is 0 Å². The van der Waals surface area contributed by atoms with Crippen molar-refractivity contribution < 1.29 is 31.4 Å². The lowest BCUT2D eigenvalue weighted by Crippen LogP contribution is -2.58. The molecule has 25 heavy (non-hydrogen) atoms. The van der Waals surface area contributed by atoms with Crippen LogP contribution < -0.4 is 0 Å². The SMILES string of the molecule is CCCC1CC(C)C2C3CC(CC(O)(C(F)(F)F)C(F)(F)F)C(C3)C12. The molecule has 1 nitrogen and oxygen atoms in total. The minimum absolute atomic E-state index is 0.104. The third kappa shape index (κ3) is 2.88. The Hall–Kier alpha value is -0.460. The smallest absolute Gasteiger partial charge is 0.374 e. The number of fused-ring (bicyclic) bond motifs is 5. The Morgan fingerprint density at radius 1 is 0.880 bits per heavy atom. The Bertz CT molecular complexity index is 485. The first-order valence-electron chi connectivity index (χ1n) is 9.26. The van der Waals surface area contributed by atoms with Crippen LogP contribution in [0.3, 0.4) is 0 Å². The van der Waals surface area contributed by atoms with Crippen LogP contribution in [0.4, 0.5) is 26.3 Å². The maximum absolute atomic E-state index is 13.1. The van der Waals surface area contributed by atoms with E-state index in [-0.39, 0.29) is 17.8 Å². The minimum Gasteiger partial charge on any atom is -0.374 e. The quantitative estimate of drug-likeness (QED) is 0.639. The molecular formula is C18H26F6O. The van der Waals surface area contributed by atoms with Crippen molar-refractivity contribution in [3.05, 3.63) is 0 Å². The molecule has 3 fully saturated rings. The fourth-order valence-corrected chi connectivity index (χ4v) is 6.57. The predicted molar refractivity (Wildman–Crippen MR) is 80.5 cm³/mol. The molecule has 146 valence electrons. The first-order valence-corrected chi connectivity index (χ1v) is 9.26. The van der Waals surface area contributed by atoms with Crippen LogP contribution in [-0.4, -0.2) is 23.1 Å². The number of aliphatic hydroxyl groups is 1. The molecule has 0 radical (unpaired) electrons. The van der Waals surface area contributed by atoms with E-state index in [1.54, 1.807) is 0 Å². The zero-order valence-electron chi connectivity index (χ0n) is 14.5. The Balaban J connectivity index is 1.82. The van der Waals surface area contributed by atoms with Crippen molar-refractivity contribution in [2.45, 2.75) is 70.3 Å². The third-order valence-electron chi connectivity index (χ3n) is 7.30. The summed E-state index contributed by atoms with van der Waals surface area (Å²) in [6.45, 7) is 4.24. The van der Waals surface area contributed by atoms with Gasteiger partial charge in [0.05, 0.1) is 0 Å². The minimum atomic E-state index is -5.70. The van der Waals surface area contributed by atoms with E-state index in [9.17, 15) is 31.4 Å². The van der Waals surface area contributed by atoms with Crippen LogP contribution in [-0.2, 0) is 0 Å². The van der Waals surface area contributed by atoms with E-state index in [1.165, 1.54) is 0 Å². The maximum Gasteiger partial charge on any atom is 0.426 e. The van der Waals surface area contributed by atoms with Crippen LogP contribution in [0.15, 0.2) is 0 Å². The summed E-state index contributed by atoms with van der Waals surface area (Å²) in [6.07, 6.45) is -8.50. The molecule has 3 saturated carbocycles. The van der Waals surface area contributed by atoms with E-state index in [1.807, 2.05) is 0 Å². The average molecular weight is 372 g/mol. The van der Waals surface area contributed by atoms with Gasteiger partial charge in [-0.25, -0.2) is 0 Å². The molecule has 0 aromatic heterocycles. The molecule has 7 heteroatoms. The van der Waals surface area contributed by atoms with Crippen molar-refractivity contribution in [2.24, 2.45) is 41.4 Å². The standard InChI is InChI=1S/C18H26F6O/c1-3-4-10-5-9(2)14-11-6-12(13(7-11)15(10)14)8-16(25,17(19,20)21)18(22,23)24/h9-15,25H,3-8H2,1-2H3. The molecule has 7 unspecified atom stereocenters. The molecular weight excluding hydrogens is 346 g/mol. The summed E-state index contributed by atoms with van der Waals surface area (Å²) in [4.78, 5) is 0. The fourth-order valence-electron chi connectivity index (χ4n) is 6.57. The molecule has 0 amide bonds. The topological polar surface area (TPSA) is 20.2 Å². The molecule has 7 atom stereocenters. The van der Waals surface area contributed by atoms with E-state index in [4.69, 9.17) is 0 Å². The van der Waals surface area contributed by atoms with Gasteiger partial charge >= 0.3 is 12.4 Å². The zero-order chi connectivity index (χ0) is 18.8. The first-order chi connectivity index (χ1) is 11.4. The second-order valence-electron chi connectivity index (χ2n) is 8.63. The number of alkyl halides is 6. The fraction of sp³-hybridized carbons (Fsp3) is 1.00. The van der Waals surface area contributed by atoms with Gasteiger partial charge in [0.1, 0.15) is 0 Å². The highest BCUT2D eigenvalue weighted by Gasteiger charge is 2.72. The van der Waals surface area contributed by atoms with Gasteiger partial charge in [-0.15, -0.1) is 0 Å². The number of hydrogen-bond donors (Lipinski definition) is 1. The maximum atomic E-state index is 13.1. The predicted octanol–water partition coefficient (Wildman–Crippen LogP) is 5.58. The van der Waals surface area contributed by atoms with Crippen LogP contribution in [0.25, 0.3) is 0 Å². The summed E-state index contributed by atoms with van der Waals surface area (Å²) in [5.74, 6) is 1.03. The van der Waals surface area contributed by atoms with Gasteiger partial charge < -0.3 is 5.11 Å². The van der Waals surface area contributed by atoms with Crippen LogP contribution in [0.1, 0.15) is 52.4 Å². The first kappa shape index (κ1) is 19.3. The Kier molecular flexibility index (Phi) is 4.66. The molecule has 0 saturated heterocycles. The molecule has 0 aliphatic heterocycles. The summed E-state index contributed by atoms with van der Waals surface area (Å²) in [5, 5.41) is 9.58. The summed E-state index contributed by atoms with van der Waals surface area (Å²) in [7, 11) is 0. The molecule has 0 aromatic carbocycles. The molecule has 3 aliphatic carbocycles. The molecule has 0 spiro atoms. The van der Waals surface area contributed by atoms with Crippen LogP contribution >= 0.6 is 0 Å². The van der Waals surface area contributed by atoms with Crippen molar-refractivity contribution in [3.63, 3.8) is 0 Å². The summed E-state index contributed by atoms with van der Waals surface area (Å²) in [5.41, 5.74) is -4.59. The third-order valence-corrected chi connectivity index (χ3v) is 7.30. The van der Waals surface area contributed by atoms with Gasteiger partial charge in [-0.05, 0) is 67.1 Å². The lowest BCUT2D eigenvalue weighted by atomic mass is 9.68. The monoisotopic (exact) mass is 372 g/mol. The second-order valence-corrected chi connectivity index (χ2v) is 8.63. The second kappa shape index (κ2) is 6.03. The van der Waals surface area contributed by atoms with Gasteiger partial charge in [0.2, 0.25) is 0 Å². The average Bonchev–Trinajstić information content (AvgIpc) is 3.09. The summed E-state index contributed by atoms with van der Waals surface area (Å²) < 4.78 is 78.3. The van der Waals surface area contributed by atoms with Crippen LogP contribution in [0, 0.1) is 41.4 Å². The molecule has 2 bridgehead atoms. The Labute approximate surface area is 144 Å². The zero-order valence-corrected chi connectivity index (χ0v) is 14.5. The Morgan fingerprint density at radius 2 is 1.48 bits per heavy atom. The van der Waals surface area contributed by atoms with E-state index >= 15 is 0 Å². The van der Waals surface area contributed by atoms with Gasteiger partial charge in [0.25, 0.3) is 5.60 Å². The normalized spacial score (nSPS) is 41.4. The van der Waals surface area contributed by atoms with Gasteiger partial charge in [0, 0.05) is 0 Å². The molecule has 3 aliphatic rings. The molecule has 1 N–H and O–H groups in total. The summed E-state index contributed by atoms with van der Waals surface area (Å²) in [6, 6.07) is 0. The van der Waals surface area contributed by atoms with E-state index in [0.717, 1.165) is 25.7 Å². The van der Waals surface area contributed by atoms with Gasteiger partial charge in [-0.3, -0.25) is 0 Å². The lowest BCUT2D eigenvalue weighted by Gasteiger charge is -2.40. The molecule has 3 rings (SSSR count). The van der Waals surface area contributed by atoms with Gasteiger partial charge in [-0.1, -0.05) is 26.7 Å². The molecule has 0 aromatic rings. The highest BCUT2D eigenvalue weighted by atomic mass is 19.4. The van der Waals surface area contributed by atoms with Crippen molar-refractivity contribution >= 4 is 0 Å². The van der Waals surface area contributed by atoms with Gasteiger partial charge in [-0.2, -0.15) is 26.3 Å². The molecule has 0 heterocycles. The Morgan fingerprint density at radius 3 is 2.00 bits per heavy atom. The van der Waals surface area contributed by atoms with Crippen LogP contribution in [0.5, 0.6) is 0 Å². The number of halogens is 6. The summed E-state index contributed by atoms with van der Waals surface area (Å²) >= 11 is 0. The number of hydrogen-bond acceptors (Lipinski definition) is 1. The van der Waals surface area contributed by atoms with Crippen molar-refractivity contribution in [1.29, 1.82) is 0 Å². The van der Waals surface area contributed by atoms with Gasteiger partial charge in [0.15, 0.2) is 0 Å². The number of rotatable bonds is 4. The lowest BCUT2D eigenvalue weighted by molar-refractivity contribution is -0.373. The highest BCUT2D eigenvalue weighted by molar-refractivity contribution is 5.09.